The minimum atomic E-state index is 0.362. The van der Waals surface area contributed by atoms with Crippen molar-refractivity contribution >= 4 is 0 Å². The summed E-state index contributed by atoms with van der Waals surface area (Å²) >= 11 is 0. The molecule has 15 heavy (non-hydrogen) atoms. The van der Waals surface area contributed by atoms with Crippen LogP contribution in [0, 0.1) is 0 Å². The first-order valence-electron chi connectivity index (χ1n) is 5.44. The van der Waals surface area contributed by atoms with Crippen molar-refractivity contribution in [3.8, 4) is 0 Å². The summed E-state index contributed by atoms with van der Waals surface area (Å²) in [6, 6.07) is 11.0. The van der Waals surface area contributed by atoms with Crippen LogP contribution >= 0.6 is 0 Å². The van der Waals surface area contributed by atoms with Gasteiger partial charge in [-0.05, 0) is 12.5 Å². The average molecular weight is 202 g/mol. The van der Waals surface area contributed by atoms with Crippen LogP contribution in [-0.2, 0) is 0 Å². The summed E-state index contributed by atoms with van der Waals surface area (Å²) in [5.41, 5.74) is 2.55. The molecule has 0 bridgehead atoms. The van der Waals surface area contributed by atoms with Crippen LogP contribution in [0.15, 0.2) is 42.5 Å². The molecule has 80 valence electrons. The third-order valence-electron chi connectivity index (χ3n) is 2.84. The van der Waals surface area contributed by atoms with Gasteiger partial charge in [-0.1, -0.05) is 42.5 Å². The molecular weight excluding hydrogens is 184 g/mol. The summed E-state index contributed by atoms with van der Waals surface area (Å²) in [4.78, 5) is 2.43. The quantitative estimate of drug-likeness (QED) is 0.756. The van der Waals surface area contributed by atoms with E-state index >= 15 is 0 Å². The molecule has 1 unspecified atom stereocenters. The summed E-state index contributed by atoms with van der Waals surface area (Å²) in [6.07, 6.45) is 0. The Morgan fingerprint density at radius 1 is 1.40 bits per heavy atom. The maximum Gasteiger partial charge on any atom is 0.0568 e. The van der Waals surface area contributed by atoms with Crippen molar-refractivity contribution in [1.82, 2.24) is 10.2 Å². The standard InChI is InChI=1S/C13H18N2/c1-11(2)13(15-9-8-14-10-15)12-6-4-3-5-7-12/h3-7,13-14H,1,8-10H2,2H3. The van der Waals surface area contributed by atoms with E-state index in [0.29, 0.717) is 6.04 Å². The molecule has 1 saturated heterocycles. The molecule has 0 spiro atoms. The maximum atomic E-state index is 4.11. The van der Waals surface area contributed by atoms with E-state index in [9.17, 15) is 0 Å². The fourth-order valence-corrected chi connectivity index (χ4v) is 2.19. The van der Waals surface area contributed by atoms with Crippen LogP contribution in [0.4, 0.5) is 0 Å². The van der Waals surface area contributed by atoms with Gasteiger partial charge in [0.2, 0.25) is 0 Å². The van der Waals surface area contributed by atoms with Crippen molar-refractivity contribution in [1.29, 1.82) is 0 Å². The van der Waals surface area contributed by atoms with Crippen LogP contribution in [0.1, 0.15) is 18.5 Å². The summed E-state index contributed by atoms with van der Waals surface area (Å²) in [5, 5.41) is 3.36. The van der Waals surface area contributed by atoms with Gasteiger partial charge in [-0.15, -0.1) is 0 Å². The lowest BCUT2D eigenvalue weighted by Gasteiger charge is -2.27. The number of benzene rings is 1. The van der Waals surface area contributed by atoms with Crippen LogP contribution in [0.2, 0.25) is 0 Å². The molecule has 2 heteroatoms. The summed E-state index contributed by atoms with van der Waals surface area (Å²) in [5.74, 6) is 0. The second kappa shape index (κ2) is 4.60. The topological polar surface area (TPSA) is 15.3 Å². The molecule has 1 N–H and O–H groups in total. The van der Waals surface area contributed by atoms with Crippen LogP contribution in [-0.4, -0.2) is 24.7 Å². The molecule has 1 aromatic carbocycles. The molecule has 2 nitrogen and oxygen atoms in total. The molecule has 1 heterocycles. The van der Waals surface area contributed by atoms with E-state index in [0.717, 1.165) is 19.8 Å². The van der Waals surface area contributed by atoms with Crippen molar-refractivity contribution in [3.05, 3.63) is 48.0 Å². The molecule has 1 aliphatic heterocycles. The van der Waals surface area contributed by atoms with E-state index in [1.165, 1.54) is 11.1 Å². The van der Waals surface area contributed by atoms with Crippen LogP contribution in [0.3, 0.4) is 0 Å². The highest BCUT2D eigenvalue weighted by molar-refractivity contribution is 5.26. The fourth-order valence-electron chi connectivity index (χ4n) is 2.19. The Balaban J connectivity index is 2.23. The van der Waals surface area contributed by atoms with Crippen molar-refractivity contribution in [2.75, 3.05) is 19.8 Å². The number of nitrogens with zero attached hydrogens (tertiary/aromatic N) is 1. The third kappa shape index (κ3) is 2.28. The van der Waals surface area contributed by atoms with E-state index < -0.39 is 0 Å². The highest BCUT2D eigenvalue weighted by Gasteiger charge is 2.23. The number of rotatable bonds is 3. The van der Waals surface area contributed by atoms with Gasteiger partial charge in [0.15, 0.2) is 0 Å². The lowest BCUT2D eigenvalue weighted by molar-refractivity contribution is 0.274. The average Bonchev–Trinajstić information content (AvgIpc) is 2.72. The Bertz CT molecular complexity index is 326. The predicted octanol–water partition coefficient (Wildman–Crippen LogP) is 2.17. The largest absolute Gasteiger partial charge is 0.303 e. The number of nitrogens with one attached hydrogen (secondary N) is 1. The molecule has 1 fully saturated rings. The lowest BCUT2D eigenvalue weighted by Crippen LogP contribution is -2.28. The Kier molecular flexibility index (Phi) is 3.19. The summed E-state index contributed by atoms with van der Waals surface area (Å²) < 4.78 is 0. The van der Waals surface area contributed by atoms with E-state index in [2.05, 4.69) is 54.1 Å². The highest BCUT2D eigenvalue weighted by Crippen LogP contribution is 2.27. The SMILES string of the molecule is C=C(C)C(c1ccccc1)N1CCNC1. The molecular formula is C13H18N2. The Labute approximate surface area is 91.6 Å². The molecule has 0 amide bonds. The zero-order valence-corrected chi connectivity index (χ0v) is 9.24. The Hall–Kier alpha value is -1.12. The van der Waals surface area contributed by atoms with Crippen molar-refractivity contribution < 1.29 is 0 Å². The van der Waals surface area contributed by atoms with Crippen LogP contribution in [0.25, 0.3) is 0 Å². The van der Waals surface area contributed by atoms with Crippen molar-refractivity contribution in [3.63, 3.8) is 0 Å². The summed E-state index contributed by atoms with van der Waals surface area (Å²) in [7, 11) is 0. The second-order valence-electron chi connectivity index (χ2n) is 4.13. The zero-order chi connectivity index (χ0) is 10.7. The van der Waals surface area contributed by atoms with E-state index in [1.54, 1.807) is 0 Å². The second-order valence-corrected chi connectivity index (χ2v) is 4.13. The number of hydrogen-bond donors (Lipinski definition) is 1. The van der Waals surface area contributed by atoms with Gasteiger partial charge >= 0.3 is 0 Å². The third-order valence-corrected chi connectivity index (χ3v) is 2.84. The molecule has 1 aliphatic rings. The maximum absolute atomic E-state index is 4.11. The molecule has 1 atom stereocenters. The lowest BCUT2D eigenvalue weighted by atomic mass is 10.00. The first kappa shape index (κ1) is 10.4. The van der Waals surface area contributed by atoms with Gasteiger partial charge in [0.25, 0.3) is 0 Å². The summed E-state index contributed by atoms with van der Waals surface area (Å²) in [6.45, 7) is 9.36. The van der Waals surface area contributed by atoms with Gasteiger partial charge in [-0.2, -0.15) is 0 Å². The van der Waals surface area contributed by atoms with Gasteiger partial charge in [0, 0.05) is 19.8 Å². The monoisotopic (exact) mass is 202 g/mol. The zero-order valence-electron chi connectivity index (χ0n) is 9.24. The van der Waals surface area contributed by atoms with E-state index in [4.69, 9.17) is 0 Å². The van der Waals surface area contributed by atoms with Crippen LogP contribution < -0.4 is 5.32 Å². The van der Waals surface area contributed by atoms with E-state index in [-0.39, 0.29) is 0 Å². The molecule has 0 aromatic heterocycles. The fraction of sp³-hybridized carbons (Fsp3) is 0.385. The Morgan fingerprint density at radius 2 is 2.13 bits per heavy atom. The Morgan fingerprint density at radius 3 is 2.67 bits per heavy atom. The molecule has 0 aliphatic carbocycles. The van der Waals surface area contributed by atoms with Gasteiger partial charge in [-0.25, -0.2) is 0 Å². The highest BCUT2D eigenvalue weighted by atomic mass is 15.3. The predicted molar refractivity (Wildman–Crippen MR) is 63.6 cm³/mol. The minimum absolute atomic E-state index is 0.362. The first-order valence-corrected chi connectivity index (χ1v) is 5.44. The molecule has 2 rings (SSSR count). The van der Waals surface area contributed by atoms with Crippen LogP contribution in [0.5, 0.6) is 0 Å². The molecule has 0 saturated carbocycles. The first-order chi connectivity index (χ1) is 7.29. The number of hydrogen-bond acceptors (Lipinski definition) is 2. The van der Waals surface area contributed by atoms with E-state index in [1.807, 2.05) is 0 Å². The molecule has 0 radical (unpaired) electrons. The van der Waals surface area contributed by atoms with Gasteiger partial charge < -0.3 is 5.32 Å². The smallest absolute Gasteiger partial charge is 0.0568 e. The molecule has 1 aromatic rings. The normalized spacial score (nSPS) is 19.0. The van der Waals surface area contributed by atoms with Crippen molar-refractivity contribution in [2.24, 2.45) is 0 Å². The van der Waals surface area contributed by atoms with Gasteiger partial charge in [-0.3, -0.25) is 4.90 Å². The van der Waals surface area contributed by atoms with Gasteiger partial charge in [0.1, 0.15) is 0 Å². The van der Waals surface area contributed by atoms with Crippen molar-refractivity contribution in [2.45, 2.75) is 13.0 Å². The van der Waals surface area contributed by atoms with Gasteiger partial charge in [0.05, 0.1) is 6.04 Å². The minimum Gasteiger partial charge on any atom is -0.303 e.